The van der Waals surface area contributed by atoms with Crippen molar-refractivity contribution in [2.45, 2.75) is 19.4 Å². The second-order valence-corrected chi connectivity index (χ2v) is 9.35. The van der Waals surface area contributed by atoms with Gasteiger partial charge in [0, 0.05) is 34.2 Å². The van der Waals surface area contributed by atoms with Crippen molar-refractivity contribution in [3.8, 4) is 11.5 Å². The molecule has 1 saturated heterocycles. The lowest BCUT2D eigenvalue weighted by molar-refractivity contribution is -0.139. The van der Waals surface area contributed by atoms with Gasteiger partial charge in [0.25, 0.3) is 11.7 Å². The Morgan fingerprint density at radius 2 is 1.79 bits per heavy atom. The number of amides is 1. The molecule has 1 atom stereocenters. The van der Waals surface area contributed by atoms with E-state index in [1.54, 1.807) is 55.6 Å². The van der Waals surface area contributed by atoms with Gasteiger partial charge >= 0.3 is 0 Å². The molecular formula is C30H27ClN2O5. The predicted octanol–water partition coefficient (Wildman–Crippen LogP) is 5.89. The van der Waals surface area contributed by atoms with Crippen molar-refractivity contribution in [3.05, 3.63) is 100 Å². The molecule has 0 saturated carbocycles. The first-order valence-corrected chi connectivity index (χ1v) is 12.7. The maximum absolute atomic E-state index is 13.4. The number of carbonyl (C=O) groups excluding carboxylic acids is 2. The summed E-state index contributed by atoms with van der Waals surface area (Å²) in [6.45, 7) is 2.63. The number of nitrogens with zero attached hydrogens (tertiary/aromatic N) is 1. The van der Waals surface area contributed by atoms with Crippen molar-refractivity contribution < 1.29 is 24.2 Å². The number of aromatic amines is 1. The van der Waals surface area contributed by atoms with Gasteiger partial charge < -0.3 is 24.5 Å². The topological polar surface area (TPSA) is 91.9 Å². The van der Waals surface area contributed by atoms with Gasteiger partial charge in [-0.25, -0.2) is 0 Å². The number of aromatic nitrogens is 1. The molecule has 8 heteroatoms. The van der Waals surface area contributed by atoms with Gasteiger partial charge in [0.1, 0.15) is 17.3 Å². The van der Waals surface area contributed by atoms with Crippen LogP contribution in [0.2, 0.25) is 5.02 Å². The van der Waals surface area contributed by atoms with Gasteiger partial charge in [0.2, 0.25) is 0 Å². The molecule has 5 rings (SSSR count). The summed E-state index contributed by atoms with van der Waals surface area (Å²) >= 11 is 6.56. The quantitative estimate of drug-likeness (QED) is 0.168. The van der Waals surface area contributed by atoms with Crippen molar-refractivity contribution in [3.63, 3.8) is 0 Å². The van der Waals surface area contributed by atoms with Crippen LogP contribution in [-0.2, 0) is 16.0 Å². The van der Waals surface area contributed by atoms with Crippen molar-refractivity contribution in [2.24, 2.45) is 0 Å². The minimum absolute atomic E-state index is 0.00727. The Labute approximate surface area is 225 Å². The van der Waals surface area contributed by atoms with Crippen LogP contribution in [-0.4, -0.2) is 46.9 Å². The summed E-state index contributed by atoms with van der Waals surface area (Å²) in [7, 11) is 1.61. The number of hydrogen-bond donors (Lipinski definition) is 2. The van der Waals surface area contributed by atoms with Gasteiger partial charge in [-0.15, -0.1) is 0 Å². The minimum Gasteiger partial charge on any atom is -0.507 e. The smallest absolute Gasteiger partial charge is 0.295 e. The van der Waals surface area contributed by atoms with Gasteiger partial charge in [-0.1, -0.05) is 29.8 Å². The number of ketones is 1. The molecule has 0 spiro atoms. The summed E-state index contributed by atoms with van der Waals surface area (Å²) in [6, 6.07) is 18.7. The van der Waals surface area contributed by atoms with Crippen molar-refractivity contribution >= 4 is 40.0 Å². The van der Waals surface area contributed by atoms with E-state index in [9.17, 15) is 14.7 Å². The fourth-order valence-corrected chi connectivity index (χ4v) is 5.13. The second-order valence-electron chi connectivity index (χ2n) is 8.95. The fourth-order valence-electron chi connectivity index (χ4n) is 4.89. The number of benzene rings is 3. The number of nitrogens with one attached hydrogen (secondary N) is 1. The third-order valence-corrected chi connectivity index (χ3v) is 7.12. The van der Waals surface area contributed by atoms with Crippen LogP contribution in [0.25, 0.3) is 16.7 Å². The zero-order valence-corrected chi connectivity index (χ0v) is 21.8. The number of carbonyl (C=O) groups is 2. The molecule has 2 N–H and O–H groups in total. The number of hydrogen-bond acceptors (Lipinski definition) is 5. The molecule has 0 bridgehead atoms. The van der Waals surface area contributed by atoms with E-state index >= 15 is 0 Å². The molecule has 1 aromatic heterocycles. The Bertz CT molecular complexity index is 1540. The van der Waals surface area contributed by atoms with Crippen LogP contribution in [0.15, 0.2) is 78.5 Å². The first-order chi connectivity index (χ1) is 18.4. The van der Waals surface area contributed by atoms with Gasteiger partial charge in [-0.2, -0.15) is 0 Å². The van der Waals surface area contributed by atoms with Crippen LogP contribution >= 0.6 is 11.6 Å². The molecule has 1 amide bonds. The van der Waals surface area contributed by atoms with Crippen LogP contribution in [0.4, 0.5) is 0 Å². The van der Waals surface area contributed by atoms with E-state index in [4.69, 9.17) is 21.1 Å². The molecule has 0 radical (unpaired) electrons. The van der Waals surface area contributed by atoms with E-state index < -0.39 is 17.7 Å². The fraction of sp³-hybridized carbons (Fsp3) is 0.200. The molecule has 1 aliphatic rings. The average Bonchev–Trinajstić information content (AvgIpc) is 3.45. The monoisotopic (exact) mass is 530 g/mol. The van der Waals surface area contributed by atoms with Crippen LogP contribution < -0.4 is 9.47 Å². The SMILES string of the molecule is CCOc1ccc(C(O)=C2C(=O)C(=O)N(CCc3c[nH]c4ccc(OC)cc34)[C@@H]2c2ccccc2Cl)cc1. The molecule has 194 valence electrons. The van der Waals surface area contributed by atoms with E-state index in [2.05, 4.69) is 4.98 Å². The number of fused-ring (bicyclic) bond motifs is 1. The number of methoxy groups -OCH3 is 1. The normalized spacial score (nSPS) is 16.8. The maximum Gasteiger partial charge on any atom is 0.295 e. The molecule has 1 fully saturated rings. The number of rotatable bonds is 8. The van der Waals surface area contributed by atoms with Gasteiger partial charge in [0.05, 0.1) is 25.3 Å². The molecule has 3 aromatic carbocycles. The Hall–Kier alpha value is -4.23. The van der Waals surface area contributed by atoms with E-state index in [0.29, 0.717) is 34.9 Å². The molecule has 7 nitrogen and oxygen atoms in total. The van der Waals surface area contributed by atoms with Gasteiger partial charge in [-0.3, -0.25) is 9.59 Å². The van der Waals surface area contributed by atoms with Gasteiger partial charge in [-0.05, 0) is 73.0 Å². The summed E-state index contributed by atoms with van der Waals surface area (Å²) in [5, 5.41) is 12.7. The highest BCUT2D eigenvalue weighted by molar-refractivity contribution is 6.47. The number of halogens is 1. The number of aliphatic hydroxyl groups is 1. The highest BCUT2D eigenvalue weighted by Crippen LogP contribution is 2.42. The summed E-state index contributed by atoms with van der Waals surface area (Å²) in [6.07, 6.45) is 2.37. The molecule has 2 heterocycles. The van der Waals surface area contributed by atoms with E-state index in [-0.39, 0.29) is 17.9 Å². The van der Waals surface area contributed by atoms with Crippen molar-refractivity contribution in [1.82, 2.24) is 9.88 Å². The second kappa shape index (κ2) is 10.6. The number of Topliss-reactive ketones (excluding diaryl/α,β-unsaturated/α-hetero) is 1. The van der Waals surface area contributed by atoms with Crippen LogP contribution in [0.3, 0.4) is 0 Å². The molecule has 4 aromatic rings. The summed E-state index contributed by atoms with van der Waals surface area (Å²) in [5.74, 6) is -0.315. The number of H-pyrrole nitrogens is 1. The lowest BCUT2D eigenvalue weighted by Crippen LogP contribution is -2.31. The van der Waals surface area contributed by atoms with Crippen molar-refractivity contribution in [2.75, 3.05) is 20.3 Å². The minimum atomic E-state index is -0.838. The Kier molecular flexibility index (Phi) is 7.11. The summed E-state index contributed by atoms with van der Waals surface area (Å²) in [4.78, 5) is 31.4. The first kappa shape index (κ1) is 25.4. The number of aliphatic hydroxyl groups excluding tert-OH is 1. The van der Waals surface area contributed by atoms with E-state index in [0.717, 1.165) is 22.2 Å². The third kappa shape index (κ3) is 4.61. The largest absolute Gasteiger partial charge is 0.507 e. The molecular weight excluding hydrogens is 504 g/mol. The van der Waals surface area contributed by atoms with Gasteiger partial charge in [0.15, 0.2) is 0 Å². The number of likely N-dealkylation sites (tertiary alicyclic amines) is 1. The van der Waals surface area contributed by atoms with Crippen LogP contribution in [0, 0.1) is 0 Å². The van der Waals surface area contributed by atoms with E-state index in [1.807, 2.05) is 31.3 Å². The predicted molar refractivity (Wildman–Crippen MR) is 147 cm³/mol. The molecule has 1 aliphatic heterocycles. The molecule has 0 unspecified atom stereocenters. The summed E-state index contributed by atoms with van der Waals surface area (Å²) < 4.78 is 10.9. The van der Waals surface area contributed by atoms with E-state index in [1.165, 1.54) is 4.90 Å². The highest BCUT2D eigenvalue weighted by Gasteiger charge is 2.46. The zero-order valence-electron chi connectivity index (χ0n) is 21.0. The van der Waals surface area contributed by atoms with Crippen LogP contribution in [0.1, 0.15) is 29.7 Å². The van der Waals surface area contributed by atoms with Crippen molar-refractivity contribution in [1.29, 1.82) is 0 Å². The summed E-state index contributed by atoms with van der Waals surface area (Å²) in [5.41, 5.74) is 2.91. The Balaban J connectivity index is 1.54. The first-order valence-electron chi connectivity index (χ1n) is 12.3. The number of ether oxygens (including phenoxy) is 2. The maximum atomic E-state index is 13.4. The lowest BCUT2D eigenvalue weighted by Gasteiger charge is -2.26. The van der Waals surface area contributed by atoms with Crippen LogP contribution in [0.5, 0.6) is 11.5 Å². The Morgan fingerprint density at radius 3 is 2.50 bits per heavy atom. The average molecular weight is 531 g/mol. The molecule has 38 heavy (non-hydrogen) atoms. The molecule has 0 aliphatic carbocycles. The highest BCUT2D eigenvalue weighted by atomic mass is 35.5. The lowest BCUT2D eigenvalue weighted by atomic mass is 9.95. The Morgan fingerprint density at radius 1 is 1.05 bits per heavy atom. The zero-order chi connectivity index (χ0) is 26.8. The third-order valence-electron chi connectivity index (χ3n) is 6.78. The standard InChI is InChI=1S/C30H27ClN2O5/c1-3-38-20-10-8-18(9-11-20)28(34)26-27(22-6-4-5-7-24(22)31)33(30(36)29(26)35)15-14-19-17-32-25-13-12-21(37-2)16-23(19)25/h4-13,16-17,27,32,34H,3,14-15H2,1-2H3/t27-/m1/s1.